The normalized spacial score (nSPS) is 10.1. The van der Waals surface area contributed by atoms with Crippen LogP contribution in [-0.2, 0) is 0 Å². The van der Waals surface area contributed by atoms with Crippen LogP contribution < -0.4 is 0 Å². The molecule has 0 saturated carbocycles. The Balaban J connectivity index is 1.89. The van der Waals surface area contributed by atoms with E-state index in [-0.39, 0.29) is 5.56 Å². The van der Waals surface area contributed by atoms with Gasteiger partial charge in [-0.25, -0.2) is 14.5 Å². The van der Waals surface area contributed by atoms with Crippen LogP contribution in [0.1, 0.15) is 16.1 Å². The van der Waals surface area contributed by atoms with Gasteiger partial charge in [-0.05, 0) is 24.3 Å². The molecule has 0 aliphatic heterocycles. The molecule has 0 fully saturated rings. The zero-order valence-electron chi connectivity index (χ0n) is 11.2. The third-order valence-electron chi connectivity index (χ3n) is 3.05. The maximum absolute atomic E-state index is 10.8. The van der Waals surface area contributed by atoms with E-state index in [1.807, 2.05) is 6.07 Å². The summed E-state index contributed by atoms with van der Waals surface area (Å²) >= 11 is 0. The first-order chi connectivity index (χ1) is 10.7. The zero-order valence-corrected chi connectivity index (χ0v) is 11.2. The van der Waals surface area contributed by atoms with Gasteiger partial charge >= 0.3 is 5.97 Å². The van der Waals surface area contributed by atoms with Crippen LogP contribution in [0.3, 0.4) is 0 Å². The minimum atomic E-state index is -0.973. The summed E-state index contributed by atoms with van der Waals surface area (Å²) in [6.07, 6.45) is 3.24. The van der Waals surface area contributed by atoms with Gasteiger partial charge in [0.25, 0.3) is 0 Å². The van der Waals surface area contributed by atoms with Crippen molar-refractivity contribution in [3.63, 3.8) is 0 Å². The number of carbonyl (C=O) groups is 1. The molecule has 3 rings (SSSR count). The highest BCUT2D eigenvalue weighted by atomic mass is 16.4. The second-order valence-corrected chi connectivity index (χ2v) is 4.44. The number of hydrogen-bond donors (Lipinski definition) is 1. The summed E-state index contributed by atoms with van der Waals surface area (Å²) in [5.41, 5.74) is 2.60. The molecule has 0 aliphatic rings. The fourth-order valence-electron chi connectivity index (χ4n) is 1.89. The minimum Gasteiger partial charge on any atom is -0.478 e. The number of nitriles is 1. The van der Waals surface area contributed by atoms with Crippen molar-refractivity contribution < 1.29 is 9.90 Å². The second-order valence-electron chi connectivity index (χ2n) is 4.44. The molecule has 0 aliphatic carbocycles. The quantitative estimate of drug-likeness (QED) is 0.790. The van der Waals surface area contributed by atoms with Crippen LogP contribution in [0, 0.1) is 11.3 Å². The van der Waals surface area contributed by atoms with E-state index in [1.54, 1.807) is 30.5 Å². The average molecular weight is 291 g/mol. The molecule has 0 bridgehead atoms. The fraction of sp³-hybridized carbons (Fsp3) is 0. The van der Waals surface area contributed by atoms with E-state index in [2.05, 4.69) is 15.3 Å². The van der Waals surface area contributed by atoms with Crippen molar-refractivity contribution in [3.05, 3.63) is 60.0 Å². The average Bonchev–Trinajstić information content (AvgIpc) is 3.05. The second kappa shape index (κ2) is 5.46. The first-order valence-corrected chi connectivity index (χ1v) is 6.30. The van der Waals surface area contributed by atoms with Gasteiger partial charge in [-0.2, -0.15) is 5.26 Å². The maximum Gasteiger partial charge on any atom is 0.335 e. The smallest absolute Gasteiger partial charge is 0.335 e. The van der Waals surface area contributed by atoms with Crippen molar-refractivity contribution in [2.24, 2.45) is 0 Å². The lowest BCUT2D eigenvalue weighted by molar-refractivity contribution is 0.0697. The molecule has 0 unspecified atom stereocenters. The van der Waals surface area contributed by atoms with Gasteiger partial charge < -0.3 is 5.11 Å². The van der Waals surface area contributed by atoms with Crippen molar-refractivity contribution in [2.45, 2.75) is 0 Å². The Morgan fingerprint density at radius 1 is 1.18 bits per heavy atom. The molecule has 0 radical (unpaired) electrons. The van der Waals surface area contributed by atoms with Gasteiger partial charge in [-0.1, -0.05) is 17.3 Å². The fourth-order valence-corrected chi connectivity index (χ4v) is 1.89. The number of aromatic carboxylic acids is 1. The predicted molar refractivity (Wildman–Crippen MR) is 76.3 cm³/mol. The van der Waals surface area contributed by atoms with Crippen molar-refractivity contribution in [3.8, 4) is 23.0 Å². The number of pyridine rings is 1. The number of hydrogen-bond acceptors (Lipinski definition) is 5. The Bertz CT molecular complexity index is 860. The monoisotopic (exact) mass is 291 g/mol. The van der Waals surface area contributed by atoms with Crippen LogP contribution in [0.15, 0.2) is 48.8 Å². The van der Waals surface area contributed by atoms with Crippen LogP contribution >= 0.6 is 0 Å². The molecule has 7 heteroatoms. The molecule has 22 heavy (non-hydrogen) atoms. The van der Waals surface area contributed by atoms with Gasteiger partial charge in [0.05, 0.1) is 23.6 Å². The van der Waals surface area contributed by atoms with Crippen molar-refractivity contribution in [1.29, 1.82) is 5.26 Å². The summed E-state index contributed by atoms with van der Waals surface area (Å²) in [7, 11) is 0. The molecule has 0 spiro atoms. The van der Waals surface area contributed by atoms with Crippen molar-refractivity contribution in [2.75, 3.05) is 0 Å². The van der Waals surface area contributed by atoms with E-state index in [0.717, 1.165) is 5.56 Å². The van der Waals surface area contributed by atoms with Gasteiger partial charge in [0.15, 0.2) is 0 Å². The number of aromatic nitrogens is 4. The Labute approximate surface area is 125 Å². The van der Waals surface area contributed by atoms with Crippen LogP contribution in [-0.4, -0.2) is 31.1 Å². The molecule has 106 valence electrons. The summed E-state index contributed by atoms with van der Waals surface area (Å²) in [6, 6.07) is 11.6. The Morgan fingerprint density at radius 3 is 2.55 bits per heavy atom. The Hall–Kier alpha value is -3.53. The highest BCUT2D eigenvalue weighted by Crippen LogP contribution is 2.18. The van der Waals surface area contributed by atoms with Gasteiger partial charge in [-0.3, -0.25) is 0 Å². The summed E-state index contributed by atoms with van der Waals surface area (Å²) in [6.45, 7) is 0. The van der Waals surface area contributed by atoms with E-state index in [1.165, 1.54) is 23.0 Å². The maximum atomic E-state index is 10.8. The topological polar surface area (TPSA) is 105 Å². The van der Waals surface area contributed by atoms with Crippen LogP contribution in [0.25, 0.3) is 16.9 Å². The van der Waals surface area contributed by atoms with E-state index in [9.17, 15) is 4.79 Å². The van der Waals surface area contributed by atoms with Gasteiger partial charge in [0.1, 0.15) is 17.5 Å². The molecular weight excluding hydrogens is 282 g/mol. The predicted octanol–water partition coefficient (Wildman–Crippen LogP) is 1.90. The SMILES string of the molecule is N#Cc1ccc(-n2cc(-c3ccc(C(=O)O)cc3)nn2)cn1. The standard InChI is InChI=1S/C15H9N5O2/c16-7-12-5-6-13(8-17-12)20-9-14(18-19-20)10-1-3-11(4-2-10)15(21)22/h1-6,8-9H,(H,21,22). The number of carboxylic acids is 1. The third-order valence-corrected chi connectivity index (χ3v) is 3.05. The lowest BCUT2D eigenvalue weighted by atomic mass is 10.1. The first-order valence-electron chi connectivity index (χ1n) is 6.30. The first kappa shape index (κ1) is 13.5. The van der Waals surface area contributed by atoms with E-state index >= 15 is 0 Å². The van der Waals surface area contributed by atoms with Crippen LogP contribution in [0.5, 0.6) is 0 Å². The lowest BCUT2D eigenvalue weighted by Gasteiger charge is -1.99. The molecule has 7 nitrogen and oxygen atoms in total. The molecule has 0 atom stereocenters. The van der Waals surface area contributed by atoms with E-state index in [4.69, 9.17) is 10.4 Å². The summed E-state index contributed by atoms with van der Waals surface area (Å²) in [5, 5.41) is 25.7. The third kappa shape index (κ3) is 2.53. The number of rotatable bonds is 3. The minimum absolute atomic E-state index is 0.215. The highest BCUT2D eigenvalue weighted by Gasteiger charge is 2.07. The molecular formula is C15H9N5O2. The van der Waals surface area contributed by atoms with E-state index in [0.29, 0.717) is 17.1 Å². The summed E-state index contributed by atoms with van der Waals surface area (Å²) < 4.78 is 1.54. The summed E-state index contributed by atoms with van der Waals surface area (Å²) in [4.78, 5) is 14.8. The molecule has 3 aromatic rings. The van der Waals surface area contributed by atoms with Crippen LogP contribution in [0.4, 0.5) is 0 Å². The molecule has 2 heterocycles. The molecule has 1 aromatic carbocycles. The van der Waals surface area contributed by atoms with E-state index < -0.39 is 5.97 Å². The lowest BCUT2D eigenvalue weighted by Crippen LogP contribution is -1.96. The number of carboxylic acid groups (broad SMARTS) is 1. The molecule has 1 N–H and O–H groups in total. The molecule has 0 saturated heterocycles. The van der Waals surface area contributed by atoms with Gasteiger partial charge in [0.2, 0.25) is 0 Å². The van der Waals surface area contributed by atoms with Gasteiger partial charge in [0, 0.05) is 5.56 Å². The highest BCUT2D eigenvalue weighted by molar-refractivity contribution is 5.88. The van der Waals surface area contributed by atoms with Crippen molar-refractivity contribution in [1.82, 2.24) is 20.0 Å². The van der Waals surface area contributed by atoms with Crippen molar-refractivity contribution >= 4 is 5.97 Å². The summed E-state index contributed by atoms with van der Waals surface area (Å²) in [5.74, 6) is -0.973. The van der Waals surface area contributed by atoms with Gasteiger partial charge in [-0.15, -0.1) is 5.10 Å². The van der Waals surface area contributed by atoms with Crippen LogP contribution in [0.2, 0.25) is 0 Å². The zero-order chi connectivity index (χ0) is 15.5. The number of nitrogens with zero attached hydrogens (tertiary/aromatic N) is 5. The Morgan fingerprint density at radius 2 is 1.95 bits per heavy atom. The Kier molecular flexibility index (Phi) is 3.34. The molecule has 0 amide bonds. The number of benzene rings is 1. The largest absolute Gasteiger partial charge is 0.478 e. The molecule has 2 aromatic heterocycles.